The first-order chi connectivity index (χ1) is 11.0. The Balaban J connectivity index is 1.72. The van der Waals surface area contributed by atoms with E-state index in [1.54, 1.807) is 24.3 Å². The Morgan fingerprint density at radius 1 is 1.30 bits per heavy atom. The van der Waals surface area contributed by atoms with Gasteiger partial charge in [0, 0.05) is 30.4 Å². The number of aryl methyl sites for hydroxylation is 1. The van der Waals surface area contributed by atoms with Crippen LogP contribution in [0.2, 0.25) is 0 Å². The van der Waals surface area contributed by atoms with Crippen molar-refractivity contribution in [2.24, 2.45) is 5.73 Å². The molecule has 1 atom stereocenters. The summed E-state index contributed by atoms with van der Waals surface area (Å²) in [6, 6.07) is 7.43. The van der Waals surface area contributed by atoms with Crippen LogP contribution in [-0.4, -0.2) is 38.7 Å². The highest BCUT2D eigenvalue weighted by atomic mass is 32.1. The third-order valence-electron chi connectivity index (χ3n) is 4.20. The van der Waals surface area contributed by atoms with Crippen LogP contribution in [0.4, 0.5) is 0 Å². The van der Waals surface area contributed by atoms with Gasteiger partial charge in [0.2, 0.25) is 0 Å². The molecule has 0 saturated carbocycles. The summed E-state index contributed by atoms with van der Waals surface area (Å²) in [4.78, 5) is 14.9. The second-order valence-electron chi connectivity index (χ2n) is 5.99. The summed E-state index contributed by atoms with van der Waals surface area (Å²) in [7, 11) is 0. The fraction of sp³-hybridized carbons (Fsp3) is 0.353. The first-order valence-corrected chi connectivity index (χ1v) is 8.15. The van der Waals surface area contributed by atoms with Gasteiger partial charge >= 0.3 is 0 Å². The number of carbonyl (C=O) groups is 1. The van der Waals surface area contributed by atoms with Crippen molar-refractivity contribution >= 4 is 23.1 Å². The van der Waals surface area contributed by atoms with Crippen molar-refractivity contribution in [1.82, 2.24) is 14.7 Å². The van der Waals surface area contributed by atoms with Gasteiger partial charge in [-0.25, -0.2) is 0 Å². The molecule has 2 aromatic rings. The number of thiocarbonyl (C=S) groups is 1. The molecule has 0 radical (unpaired) electrons. The normalized spacial score (nSPS) is 18.0. The average molecular weight is 328 g/mol. The predicted molar refractivity (Wildman–Crippen MR) is 93.5 cm³/mol. The van der Waals surface area contributed by atoms with Crippen molar-refractivity contribution in [3.05, 3.63) is 53.3 Å². The molecule has 23 heavy (non-hydrogen) atoms. The third-order valence-corrected chi connectivity index (χ3v) is 4.44. The van der Waals surface area contributed by atoms with Crippen LogP contribution in [0.25, 0.3) is 0 Å². The van der Waals surface area contributed by atoms with Crippen LogP contribution in [0.3, 0.4) is 0 Å². The number of nitrogens with two attached hydrogens (primary N) is 1. The summed E-state index contributed by atoms with van der Waals surface area (Å²) in [5, 5.41) is 4.39. The topological polar surface area (TPSA) is 64.2 Å². The van der Waals surface area contributed by atoms with Gasteiger partial charge in [-0.1, -0.05) is 24.4 Å². The van der Waals surface area contributed by atoms with Gasteiger partial charge < -0.3 is 10.6 Å². The highest BCUT2D eigenvalue weighted by molar-refractivity contribution is 7.80. The van der Waals surface area contributed by atoms with Gasteiger partial charge in [0.15, 0.2) is 0 Å². The van der Waals surface area contributed by atoms with Crippen molar-refractivity contribution in [2.75, 3.05) is 13.1 Å². The lowest BCUT2D eigenvalue weighted by Crippen LogP contribution is -2.40. The molecule has 3 rings (SSSR count). The highest BCUT2D eigenvalue weighted by Gasteiger charge is 2.25. The SMILES string of the molecule is Cc1cnn(C2CCCN(C(=O)c3ccc(C(N)=S)cc3)C2)c1. The predicted octanol–water partition coefficient (Wildman–Crippen LogP) is 2.30. The quantitative estimate of drug-likeness (QED) is 0.878. The van der Waals surface area contributed by atoms with E-state index in [1.807, 2.05) is 28.9 Å². The summed E-state index contributed by atoms with van der Waals surface area (Å²) >= 11 is 4.94. The minimum absolute atomic E-state index is 0.0491. The Hall–Kier alpha value is -2.21. The lowest BCUT2D eigenvalue weighted by Gasteiger charge is -2.33. The molecule has 1 fully saturated rings. The van der Waals surface area contributed by atoms with Gasteiger partial charge in [0.05, 0.1) is 12.2 Å². The lowest BCUT2D eigenvalue weighted by atomic mass is 10.0. The molecule has 1 amide bonds. The van der Waals surface area contributed by atoms with Crippen LogP contribution < -0.4 is 5.73 Å². The number of carbonyl (C=O) groups excluding carboxylic acids is 1. The zero-order chi connectivity index (χ0) is 16.4. The number of rotatable bonds is 3. The Kier molecular flexibility index (Phi) is 4.43. The van der Waals surface area contributed by atoms with Crippen molar-refractivity contribution in [1.29, 1.82) is 0 Å². The van der Waals surface area contributed by atoms with E-state index in [9.17, 15) is 4.79 Å². The summed E-state index contributed by atoms with van der Waals surface area (Å²) in [6.07, 6.45) is 5.93. The number of likely N-dealkylation sites (tertiary alicyclic amines) is 1. The van der Waals surface area contributed by atoms with E-state index in [4.69, 9.17) is 18.0 Å². The van der Waals surface area contributed by atoms with E-state index in [0.29, 0.717) is 17.1 Å². The molecule has 0 aliphatic carbocycles. The first kappa shape index (κ1) is 15.7. The van der Waals surface area contributed by atoms with E-state index < -0.39 is 0 Å². The summed E-state index contributed by atoms with van der Waals surface area (Å²) < 4.78 is 1.98. The van der Waals surface area contributed by atoms with Gasteiger partial charge in [0.1, 0.15) is 4.99 Å². The molecular formula is C17H20N4OS. The Labute approximate surface area is 141 Å². The summed E-state index contributed by atoms with van der Waals surface area (Å²) in [5.41, 5.74) is 8.18. The number of hydrogen-bond donors (Lipinski definition) is 1. The largest absolute Gasteiger partial charge is 0.389 e. The Morgan fingerprint density at radius 3 is 2.61 bits per heavy atom. The molecule has 1 saturated heterocycles. The molecule has 2 heterocycles. The molecule has 5 nitrogen and oxygen atoms in total. The Bertz CT molecular complexity index is 722. The summed E-state index contributed by atoms with van der Waals surface area (Å²) in [6.45, 7) is 3.50. The number of piperidine rings is 1. The molecule has 1 unspecified atom stereocenters. The molecule has 1 aliphatic rings. The number of amides is 1. The zero-order valence-electron chi connectivity index (χ0n) is 13.1. The van der Waals surface area contributed by atoms with Crippen LogP contribution in [0, 0.1) is 6.92 Å². The number of benzene rings is 1. The van der Waals surface area contributed by atoms with Crippen LogP contribution >= 0.6 is 12.2 Å². The molecule has 1 aliphatic heterocycles. The molecule has 6 heteroatoms. The van der Waals surface area contributed by atoms with Crippen molar-refractivity contribution in [3.8, 4) is 0 Å². The molecule has 0 bridgehead atoms. The van der Waals surface area contributed by atoms with E-state index >= 15 is 0 Å². The summed E-state index contributed by atoms with van der Waals surface area (Å²) in [5.74, 6) is 0.0491. The van der Waals surface area contributed by atoms with Crippen molar-refractivity contribution in [3.63, 3.8) is 0 Å². The zero-order valence-corrected chi connectivity index (χ0v) is 13.9. The third kappa shape index (κ3) is 3.42. The molecule has 1 aromatic heterocycles. The first-order valence-electron chi connectivity index (χ1n) is 7.74. The van der Waals surface area contributed by atoms with Gasteiger partial charge in [0.25, 0.3) is 5.91 Å². The Morgan fingerprint density at radius 2 is 2.00 bits per heavy atom. The van der Waals surface area contributed by atoms with E-state index in [0.717, 1.165) is 30.5 Å². The second-order valence-corrected chi connectivity index (χ2v) is 6.43. The molecule has 2 N–H and O–H groups in total. The molecule has 0 spiro atoms. The number of nitrogens with zero attached hydrogens (tertiary/aromatic N) is 3. The van der Waals surface area contributed by atoms with Crippen LogP contribution in [0.1, 0.15) is 40.4 Å². The monoisotopic (exact) mass is 328 g/mol. The van der Waals surface area contributed by atoms with Gasteiger partial charge in [-0.3, -0.25) is 9.48 Å². The van der Waals surface area contributed by atoms with Crippen LogP contribution in [0.5, 0.6) is 0 Å². The van der Waals surface area contributed by atoms with Crippen molar-refractivity contribution in [2.45, 2.75) is 25.8 Å². The molecular weight excluding hydrogens is 308 g/mol. The van der Waals surface area contributed by atoms with Gasteiger partial charge in [-0.05, 0) is 37.5 Å². The van der Waals surface area contributed by atoms with Crippen LogP contribution in [0.15, 0.2) is 36.7 Å². The van der Waals surface area contributed by atoms with E-state index in [-0.39, 0.29) is 11.9 Å². The minimum atomic E-state index is 0.0491. The fourth-order valence-corrected chi connectivity index (χ4v) is 3.08. The highest BCUT2D eigenvalue weighted by Crippen LogP contribution is 2.22. The molecule has 120 valence electrons. The number of aromatic nitrogens is 2. The number of hydrogen-bond acceptors (Lipinski definition) is 3. The van der Waals surface area contributed by atoms with Crippen LogP contribution in [-0.2, 0) is 0 Å². The standard InChI is InChI=1S/C17H20N4OS/c1-12-9-19-21(10-12)15-3-2-8-20(11-15)17(22)14-6-4-13(5-7-14)16(18)23/h4-7,9-10,15H,2-3,8,11H2,1H3,(H2,18,23). The van der Waals surface area contributed by atoms with E-state index in [1.165, 1.54) is 0 Å². The lowest BCUT2D eigenvalue weighted by molar-refractivity contribution is 0.0673. The van der Waals surface area contributed by atoms with Gasteiger partial charge in [-0.15, -0.1) is 0 Å². The van der Waals surface area contributed by atoms with Crippen molar-refractivity contribution < 1.29 is 4.79 Å². The smallest absolute Gasteiger partial charge is 0.253 e. The average Bonchev–Trinajstić information content (AvgIpc) is 3.01. The maximum Gasteiger partial charge on any atom is 0.253 e. The van der Waals surface area contributed by atoms with Gasteiger partial charge in [-0.2, -0.15) is 5.10 Å². The minimum Gasteiger partial charge on any atom is -0.389 e. The fourth-order valence-electron chi connectivity index (χ4n) is 2.95. The maximum atomic E-state index is 12.7. The second kappa shape index (κ2) is 6.50. The van der Waals surface area contributed by atoms with E-state index in [2.05, 4.69) is 5.10 Å². The molecule has 1 aromatic carbocycles. The maximum absolute atomic E-state index is 12.7.